The third-order valence-corrected chi connectivity index (χ3v) is 3.83. The molecule has 0 bridgehead atoms. The van der Waals surface area contributed by atoms with E-state index in [9.17, 15) is 9.59 Å². The van der Waals surface area contributed by atoms with Crippen molar-refractivity contribution in [3.05, 3.63) is 58.9 Å². The molecule has 3 N–H and O–H groups in total. The summed E-state index contributed by atoms with van der Waals surface area (Å²) in [6, 6.07) is 10.8. The fourth-order valence-electron chi connectivity index (χ4n) is 1.54. The second kappa shape index (κ2) is 7.75. The maximum atomic E-state index is 11.6. The summed E-state index contributed by atoms with van der Waals surface area (Å²) < 4.78 is 0. The number of halogens is 1. The van der Waals surface area contributed by atoms with Gasteiger partial charge >= 0.3 is 0 Å². The van der Waals surface area contributed by atoms with Gasteiger partial charge in [0.15, 0.2) is 0 Å². The van der Waals surface area contributed by atoms with E-state index in [2.05, 4.69) is 15.8 Å². The third-order valence-electron chi connectivity index (χ3n) is 2.57. The summed E-state index contributed by atoms with van der Waals surface area (Å²) in [6.07, 6.45) is 1.64. The van der Waals surface area contributed by atoms with E-state index in [1.807, 2.05) is 24.3 Å². The molecule has 0 saturated carbocycles. The van der Waals surface area contributed by atoms with Crippen LogP contribution in [0.1, 0.15) is 16.1 Å². The number of hydrogen-bond donors (Lipinski definition) is 3. The van der Waals surface area contributed by atoms with Crippen molar-refractivity contribution in [1.29, 1.82) is 0 Å². The first kappa shape index (κ1) is 15.5. The number of carbonyl (C=O) groups excluding carboxylic acids is 2. The van der Waals surface area contributed by atoms with Crippen LogP contribution in [0, 0.1) is 0 Å². The smallest absolute Gasteiger partial charge is 0.286 e. The van der Waals surface area contributed by atoms with Crippen LogP contribution in [-0.2, 0) is 10.5 Å². The molecule has 1 heterocycles. The van der Waals surface area contributed by atoms with Gasteiger partial charge in [0.1, 0.15) is 5.69 Å². The maximum absolute atomic E-state index is 11.6. The molecule has 0 atom stereocenters. The first-order valence-corrected chi connectivity index (χ1v) is 7.73. The lowest BCUT2D eigenvalue weighted by molar-refractivity contribution is -0.119. The lowest BCUT2D eigenvalue weighted by atomic mass is 10.2. The Bertz CT molecular complexity index is 599. The van der Waals surface area contributed by atoms with Gasteiger partial charge in [0.05, 0.1) is 5.75 Å². The average molecular weight is 324 g/mol. The number of rotatable bonds is 5. The normalized spacial score (nSPS) is 10.1. The highest BCUT2D eigenvalue weighted by molar-refractivity contribution is 7.99. The Morgan fingerprint density at radius 2 is 1.90 bits per heavy atom. The van der Waals surface area contributed by atoms with Gasteiger partial charge in [-0.15, -0.1) is 11.8 Å². The van der Waals surface area contributed by atoms with Crippen LogP contribution in [0.15, 0.2) is 42.6 Å². The van der Waals surface area contributed by atoms with Crippen LogP contribution >= 0.6 is 23.4 Å². The van der Waals surface area contributed by atoms with Gasteiger partial charge in [-0.05, 0) is 29.8 Å². The van der Waals surface area contributed by atoms with E-state index in [0.29, 0.717) is 16.5 Å². The SMILES string of the molecule is O=C(CSCc1ccc(Cl)cc1)NNC(=O)c1ccc[nH]1. The van der Waals surface area contributed by atoms with E-state index in [4.69, 9.17) is 11.6 Å². The Balaban J connectivity index is 1.66. The van der Waals surface area contributed by atoms with Crippen molar-refractivity contribution in [3.63, 3.8) is 0 Å². The van der Waals surface area contributed by atoms with Crippen LogP contribution in [0.2, 0.25) is 5.02 Å². The van der Waals surface area contributed by atoms with Crippen molar-refractivity contribution in [1.82, 2.24) is 15.8 Å². The summed E-state index contributed by atoms with van der Waals surface area (Å²) in [5, 5.41) is 0.688. The number of amides is 2. The zero-order chi connectivity index (χ0) is 15.1. The van der Waals surface area contributed by atoms with Crippen LogP contribution in [0.25, 0.3) is 0 Å². The molecule has 0 aliphatic heterocycles. The lowest BCUT2D eigenvalue weighted by Gasteiger charge is -2.06. The number of aromatic nitrogens is 1. The van der Waals surface area contributed by atoms with Crippen molar-refractivity contribution in [2.75, 3.05) is 5.75 Å². The molecule has 0 saturated heterocycles. The predicted octanol–water partition coefficient (Wildman–Crippen LogP) is 2.36. The van der Waals surface area contributed by atoms with Crippen molar-refractivity contribution >= 4 is 35.2 Å². The molecule has 0 radical (unpaired) electrons. The van der Waals surface area contributed by atoms with E-state index in [1.54, 1.807) is 18.3 Å². The van der Waals surface area contributed by atoms with Gasteiger partial charge in [-0.3, -0.25) is 20.4 Å². The Morgan fingerprint density at radius 1 is 1.14 bits per heavy atom. The van der Waals surface area contributed by atoms with Gasteiger partial charge in [0, 0.05) is 17.0 Å². The maximum Gasteiger partial charge on any atom is 0.286 e. The summed E-state index contributed by atoms with van der Waals surface area (Å²) in [7, 11) is 0. The summed E-state index contributed by atoms with van der Waals surface area (Å²) in [5.74, 6) is 0.327. The zero-order valence-electron chi connectivity index (χ0n) is 11.1. The van der Waals surface area contributed by atoms with Crippen molar-refractivity contribution < 1.29 is 9.59 Å². The second-order valence-electron chi connectivity index (χ2n) is 4.21. The molecule has 2 aromatic rings. The number of aromatic amines is 1. The number of hydrazine groups is 1. The predicted molar refractivity (Wildman–Crippen MR) is 84.0 cm³/mol. The van der Waals surface area contributed by atoms with Gasteiger partial charge in [0.25, 0.3) is 5.91 Å². The molecule has 0 spiro atoms. The van der Waals surface area contributed by atoms with E-state index in [0.717, 1.165) is 5.56 Å². The van der Waals surface area contributed by atoms with Gasteiger partial charge < -0.3 is 4.98 Å². The zero-order valence-corrected chi connectivity index (χ0v) is 12.6. The minimum absolute atomic E-state index is 0.256. The van der Waals surface area contributed by atoms with E-state index >= 15 is 0 Å². The highest BCUT2D eigenvalue weighted by Gasteiger charge is 2.07. The van der Waals surface area contributed by atoms with Crippen LogP contribution in [0.3, 0.4) is 0 Å². The molecule has 0 aliphatic rings. The van der Waals surface area contributed by atoms with Crippen molar-refractivity contribution in [2.45, 2.75) is 5.75 Å². The first-order chi connectivity index (χ1) is 10.1. The van der Waals surface area contributed by atoms with Crippen molar-refractivity contribution in [3.8, 4) is 0 Å². The Morgan fingerprint density at radius 3 is 2.57 bits per heavy atom. The Kier molecular flexibility index (Phi) is 5.71. The van der Waals surface area contributed by atoms with Gasteiger partial charge in [0.2, 0.25) is 5.91 Å². The molecule has 2 amide bonds. The van der Waals surface area contributed by atoms with Crippen LogP contribution in [-0.4, -0.2) is 22.6 Å². The summed E-state index contributed by atoms with van der Waals surface area (Å²) in [5.41, 5.74) is 6.19. The molecular weight excluding hydrogens is 310 g/mol. The highest BCUT2D eigenvalue weighted by atomic mass is 35.5. The van der Waals surface area contributed by atoms with Gasteiger partial charge in [-0.2, -0.15) is 0 Å². The first-order valence-electron chi connectivity index (χ1n) is 6.20. The van der Waals surface area contributed by atoms with Gasteiger partial charge in [-0.1, -0.05) is 23.7 Å². The van der Waals surface area contributed by atoms with Crippen LogP contribution in [0.5, 0.6) is 0 Å². The number of hydrogen-bond acceptors (Lipinski definition) is 3. The van der Waals surface area contributed by atoms with Crippen molar-refractivity contribution in [2.24, 2.45) is 0 Å². The minimum Gasteiger partial charge on any atom is -0.357 e. The van der Waals surface area contributed by atoms with Crippen LogP contribution in [0.4, 0.5) is 0 Å². The third kappa shape index (κ3) is 5.17. The Hall–Kier alpha value is -1.92. The molecular formula is C14H14ClN3O2S. The average Bonchev–Trinajstić information content (AvgIpc) is 3.01. The number of H-pyrrole nitrogens is 1. The molecule has 2 rings (SSSR count). The standard InChI is InChI=1S/C14H14ClN3O2S/c15-11-5-3-10(4-6-11)8-21-9-13(19)17-18-14(20)12-2-1-7-16-12/h1-7,16H,8-9H2,(H,17,19)(H,18,20). The van der Waals surface area contributed by atoms with Gasteiger partial charge in [-0.25, -0.2) is 0 Å². The largest absolute Gasteiger partial charge is 0.357 e. The number of thioether (sulfide) groups is 1. The minimum atomic E-state index is -0.379. The fraction of sp³-hybridized carbons (Fsp3) is 0.143. The highest BCUT2D eigenvalue weighted by Crippen LogP contribution is 2.15. The van der Waals surface area contributed by atoms with E-state index < -0.39 is 0 Å². The summed E-state index contributed by atoms with van der Waals surface area (Å²) in [4.78, 5) is 25.9. The quantitative estimate of drug-likeness (QED) is 0.739. The molecule has 7 heteroatoms. The molecule has 0 aliphatic carbocycles. The molecule has 5 nitrogen and oxygen atoms in total. The number of nitrogens with one attached hydrogen (secondary N) is 3. The molecule has 21 heavy (non-hydrogen) atoms. The lowest BCUT2D eigenvalue weighted by Crippen LogP contribution is -2.42. The number of benzene rings is 1. The molecule has 0 unspecified atom stereocenters. The molecule has 1 aromatic heterocycles. The number of carbonyl (C=O) groups is 2. The monoisotopic (exact) mass is 323 g/mol. The van der Waals surface area contributed by atoms with Crippen LogP contribution < -0.4 is 10.9 Å². The second-order valence-corrected chi connectivity index (χ2v) is 5.63. The molecule has 0 fully saturated rings. The van der Waals surface area contributed by atoms with E-state index in [-0.39, 0.29) is 17.6 Å². The molecule has 110 valence electrons. The fourth-order valence-corrected chi connectivity index (χ4v) is 2.46. The molecule has 1 aromatic carbocycles. The van der Waals surface area contributed by atoms with E-state index in [1.165, 1.54) is 11.8 Å². The Labute approximate surface area is 131 Å². The summed E-state index contributed by atoms with van der Waals surface area (Å²) >= 11 is 7.25. The summed E-state index contributed by atoms with van der Waals surface area (Å²) in [6.45, 7) is 0. The topological polar surface area (TPSA) is 74.0 Å².